The zero-order chi connectivity index (χ0) is 57.8. The fourth-order valence-corrected chi connectivity index (χ4v) is 8.89. The molecule has 0 aromatic heterocycles. The SMILES string of the molecule is CC/C=C\C/C=C\C/C=C\C/C=C\C/C=C\C/C=C\C/C=C\C/C=C\CCCCC(=O)OCC(COC(=O)CCCCCCC/C=C\CCCCC)OC(=O)CCCCCCCCCCCCC/C=C\C/C=C\CCCCCCC. The van der Waals surface area contributed by atoms with Crippen molar-refractivity contribution in [3.8, 4) is 0 Å². The van der Waals surface area contributed by atoms with Gasteiger partial charge < -0.3 is 14.2 Å². The molecular weight excluding hydrogens is 985 g/mol. The third-order valence-electron chi connectivity index (χ3n) is 13.9. The van der Waals surface area contributed by atoms with Crippen LogP contribution in [0.25, 0.3) is 0 Å². The predicted octanol–water partition coefficient (Wildman–Crippen LogP) is 22.9. The highest BCUT2D eigenvalue weighted by Gasteiger charge is 2.19. The molecule has 454 valence electrons. The molecule has 0 radical (unpaired) electrons. The van der Waals surface area contributed by atoms with Crippen LogP contribution < -0.4 is 0 Å². The summed E-state index contributed by atoms with van der Waals surface area (Å²) in [5.41, 5.74) is 0. The van der Waals surface area contributed by atoms with Gasteiger partial charge >= 0.3 is 17.9 Å². The highest BCUT2D eigenvalue weighted by atomic mass is 16.6. The van der Waals surface area contributed by atoms with E-state index in [-0.39, 0.29) is 31.1 Å². The summed E-state index contributed by atoms with van der Waals surface area (Å²) >= 11 is 0. The smallest absolute Gasteiger partial charge is 0.306 e. The van der Waals surface area contributed by atoms with Crippen molar-refractivity contribution in [3.05, 3.63) is 134 Å². The Hall–Kier alpha value is -4.45. The molecule has 0 bridgehead atoms. The normalized spacial score (nSPS) is 13.0. The summed E-state index contributed by atoms with van der Waals surface area (Å²) in [6.45, 7) is 6.46. The quantitative estimate of drug-likeness (QED) is 0.0261. The summed E-state index contributed by atoms with van der Waals surface area (Å²) in [6.07, 6.45) is 94.6. The van der Waals surface area contributed by atoms with Crippen molar-refractivity contribution in [3.63, 3.8) is 0 Å². The van der Waals surface area contributed by atoms with Gasteiger partial charge in [0.25, 0.3) is 0 Å². The van der Waals surface area contributed by atoms with E-state index in [0.717, 1.165) is 122 Å². The van der Waals surface area contributed by atoms with Crippen LogP contribution in [0.4, 0.5) is 0 Å². The third-order valence-corrected chi connectivity index (χ3v) is 13.9. The molecular formula is C74H122O6. The fraction of sp³-hybridized carbons (Fsp3) is 0.662. The molecule has 0 amide bonds. The average Bonchev–Trinajstić information content (AvgIpc) is 3.46. The number of unbranched alkanes of at least 4 members (excludes halogenated alkanes) is 26. The minimum absolute atomic E-state index is 0.0999. The maximum atomic E-state index is 12.9. The highest BCUT2D eigenvalue weighted by Crippen LogP contribution is 2.15. The number of carbonyl (C=O) groups is 3. The second-order valence-corrected chi connectivity index (χ2v) is 21.6. The van der Waals surface area contributed by atoms with Crippen LogP contribution in [0.3, 0.4) is 0 Å². The predicted molar refractivity (Wildman–Crippen MR) is 348 cm³/mol. The number of hydrogen-bond donors (Lipinski definition) is 0. The maximum absolute atomic E-state index is 12.9. The Labute approximate surface area is 494 Å². The van der Waals surface area contributed by atoms with Crippen LogP contribution in [0.15, 0.2) is 134 Å². The Morgan fingerprint density at radius 1 is 0.263 bits per heavy atom. The minimum Gasteiger partial charge on any atom is -0.462 e. The highest BCUT2D eigenvalue weighted by molar-refractivity contribution is 5.71. The molecule has 0 saturated carbocycles. The zero-order valence-corrected chi connectivity index (χ0v) is 52.0. The lowest BCUT2D eigenvalue weighted by atomic mass is 10.0. The fourth-order valence-electron chi connectivity index (χ4n) is 8.89. The van der Waals surface area contributed by atoms with Crippen molar-refractivity contribution in [2.45, 2.75) is 303 Å². The minimum atomic E-state index is -0.806. The Morgan fingerprint density at radius 2 is 0.487 bits per heavy atom. The van der Waals surface area contributed by atoms with Gasteiger partial charge in [-0.25, -0.2) is 0 Å². The first-order valence-electron chi connectivity index (χ1n) is 33.2. The van der Waals surface area contributed by atoms with Gasteiger partial charge in [0.1, 0.15) is 13.2 Å². The van der Waals surface area contributed by atoms with E-state index in [1.54, 1.807) is 0 Å². The van der Waals surface area contributed by atoms with E-state index in [0.29, 0.717) is 25.7 Å². The van der Waals surface area contributed by atoms with E-state index in [2.05, 4.69) is 154 Å². The van der Waals surface area contributed by atoms with Crippen molar-refractivity contribution < 1.29 is 28.6 Å². The molecule has 1 atom stereocenters. The summed E-state index contributed by atoms with van der Waals surface area (Å²) < 4.78 is 16.9. The number of rotatable bonds is 59. The Morgan fingerprint density at radius 3 is 0.825 bits per heavy atom. The third kappa shape index (κ3) is 64.4. The monoisotopic (exact) mass is 1110 g/mol. The standard InChI is InChI=1S/C74H122O6/c1-4-7-10-13-16-19-22-25-27-29-31-33-35-36-37-38-40-41-43-45-47-49-52-55-58-61-64-67-73(76)79-70-71(69-78-72(75)66-63-60-57-54-51-24-21-18-15-12-9-6-3)80-74(77)68-65-62-59-56-53-50-48-46-44-42-39-34-32-30-28-26-23-20-17-14-11-8-5-2/h7,10,16,18-19,21,23,25-27,30-33,36-37,40-41,45,47,52,55,71H,4-6,8-9,11-15,17,20,22,24,28-29,34-35,38-39,42-44,46,48-51,53-54,56-70H2,1-3H3/b10-7-,19-16-,21-18-,26-23-,27-25-,32-30-,33-31-,37-36-,41-40-,47-45-,55-52-. The summed E-state index contributed by atoms with van der Waals surface area (Å²) in [5.74, 6) is -0.953. The molecule has 0 N–H and O–H groups in total. The van der Waals surface area contributed by atoms with Crippen molar-refractivity contribution >= 4 is 17.9 Å². The van der Waals surface area contributed by atoms with Crippen LogP contribution in [-0.2, 0) is 28.6 Å². The first-order chi connectivity index (χ1) is 39.5. The van der Waals surface area contributed by atoms with E-state index in [1.807, 2.05) is 0 Å². The summed E-state index contributed by atoms with van der Waals surface area (Å²) in [5, 5.41) is 0. The molecule has 6 nitrogen and oxygen atoms in total. The topological polar surface area (TPSA) is 78.9 Å². The number of ether oxygens (including phenoxy) is 3. The molecule has 0 rings (SSSR count). The lowest BCUT2D eigenvalue weighted by Gasteiger charge is -2.18. The Balaban J connectivity index is 4.41. The second kappa shape index (κ2) is 67.1. The van der Waals surface area contributed by atoms with Gasteiger partial charge in [-0.2, -0.15) is 0 Å². The van der Waals surface area contributed by atoms with Crippen LogP contribution in [0.5, 0.6) is 0 Å². The molecule has 0 aliphatic carbocycles. The Bertz CT molecular complexity index is 1700. The summed E-state index contributed by atoms with van der Waals surface area (Å²) in [6, 6.07) is 0. The van der Waals surface area contributed by atoms with E-state index >= 15 is 0 Å². The first kappa shape index (κ1) is 75.5. The lowest BCUT2D eigenvalue weighted by Crippen LogP contribution is -2.30. The molecule has 6 heteroatoms. The van der Waals surface area contributed by atoms with Crippen LogP contribution in [0.1, 0.15) is 297 Å². The second-order valence-electron chi connectivity index (χ2n) is 21.6. The van der Waals surface area contributed by atoms with Gasteiger partial charge in [-0.15, -0.1) is 0 Å². The number of hydrogen-bond acceptors (Lipinski definition) is 6. The average molecular weight is 1110 g/mol. The van der Waals surface area contributed by atoms with Gasteiger partial charge in [0.2, 0.25) is 0 Å². The number of allylic oxidation sites excluding steroid dienone is 22. The largest absolute Gasteiger partial charge is 0.462 e. The van der Waals surface area contributed by atoms with Gasteiger partial charge in [0.15, 0.2) is 6.10 Å². The van der Waals surface area contributed by atoms with Gasteiger partial charge in [-0.3, -0.25) is 14.4 Å². The van der Waals surface area contributed by atoms with Gasteiger partial charge in [-0.05, 0) is 141 Å². The molecule has 0 heterocycles. The number of esters is 3. The molecule has 0 aromatic carbocycles. The van der Waals surface area contributed by atoms with Crippen LogP contribution in [-0.4, -0.2) is 37.2 Å². The van der Waals surface area contributed by atoms with Gasteiger partial charge in [0, 0.05) is 19.3 Å². The van der Waals surface area contributed by atoms with E-state index < -0.39 is 6.10 Å². The van der Waals surface area contributed by atoms with Crippen molar-refractivity contribution in [2.75, 3.05) is 13.2 Å². The lowest BCUT2D eigenvalue weighted by molar-refractivity contribution is -0.167. The van der Waals surface area contributed by atoms with Crippen LogP contribution >= 0.6 is 0 Å². The molecule has 0 saturated heterocycles. The molecule has 80 heavy (non-hydrogen) atoms. The molecule has 0 aliphatic heterocycles. The van der Waals surface area contributed by atoms with Gasteiger partial charge in [-0.1, -0.05) is 270 Å². The van der Waals surface area contributed by atoms with E-state index in [4.69, 9.17) is 14.2 Å². The van der Waals surface area contributed by atoms with Crippen LogP contribution in [0, 0.1) is 0 Å². The first-order valence-corrected chi connectivity index (χ1v) is 33.2. The molecule has 0 fully saturated rings. The molecule has 0 spiro atoms. The van der Waals surface area contributed by atoms with Crippen molar-refractivity contribution in [2.24, 2.45) is 0 Å². The molecule has 0 aromatic rings. The zero-order valence-electron chi connectivity index (χ0n) is 52.0. The molecule has 1 unspecified atom stereocenters. The summed E-state index contributed by atoms with van der Waals surface area (Å²) in [4.78, 5) is 38.3. The van der Waals surface area contributed by atoms with Crippen molar-refractivity contribution in [1.29, 1.82) is 0 Å². The van der Waals surface area contributed by atoms with Crippen molar-refractivity contribution in [1.82, 2.24) is 0 Å². The van der Waals surface area contributed by atoms with Gasteiger partial charge in [0.05, 0.1) is 0 Å². The van der Waals surface area contributed by atoms with E-state index in [1.165, 1.54) is 128 Å². The van der Waals surface area contributed by atoms with Crippen LogP contribution in [0.2, 0.25) is 0 Å². The summed E-state index contributed by atoms with van der Waals surface area (Å²) in [7, 11) is 0. The Kier molecular flexibility index (Phi) is 63.3. The van der Waals surface area contributed by atoms with E-state index in [9.17, 15) is 14.4 Å². The maximum Gasteiger partial charge on any atom is 0.306 e. The number of carbonyl (C=O) groups excluding carboxylic acids is 3. The molecule has 0 aliphatic rings.